The van der Waals surface area contributed by atoms with Gasteiger partial charge >= 0.3 is 0 Å². The first-order valence-corrected chi connectivity index (χ1v) is 4.12. The van der Waals surface area contributed by atoms with Crippen molar-refractivity contribution in [3.8, 4) is 0 Å². The van der Waals surface area contributed by atoms with Gasteiger partial charge in [0, 0.05) is 18.5 Å². The molecule has 0 fully saturated rings. The summed E-state index contributed by atoms with van der Waals surface area (Å²) in [6.45, 7) is 6.73. The summed E-state index contributed by atoms with van der Waals surface area (Å²) in [6, 6.07) is 0. The van der Waals surface area contributed by atoms with E-state index in [-0.39, 0.29) is 11.3 Å². The van der Waals surface area contributed by atoms with Crippen molar-refractivity contribution in [2.75, 3.05) is 13.1 Å². The van der Waals surface area contributed by atoms with Crippen LogP contribution >= 0.6 is 0 Å². The first-order valence-electron chi connectivity index (χ1n) is 4.12. The maximum atomic E-state index is 11.3. The predicted molar refractivity (Wildman–Crippen MR) is 50.7 cm³/mol. The van der Waals surface area contributed by atoms with Crippen molar-refractivity contribution in [1.82, 2.24) is 5.32 Å². The lowest BCUT2D eigenvalue weighted by molar-refractivity contribution is -0.128. The fourth-order valence-corrected chi connectivity index (χ4v) is 0.596. The van der Waals surface area contributed by atoms with Crippen LogP contribution in [0.4, 0.5) is 0 Å². The van der Waals surface area contributed by atoms with E-state index in [0.29, 0.717) is 13.1 Å². The standard InChI is InChI=1S/C9H18N2O/c1-9(2,3)8(12)11-7-5-4-6-10/h4-5H,6-7,10H2,1-3H3,(H,11,12)/b5-4+. The summed E-state index contributed by atoms with van der Waals surface area (Å²) < 4.78 is 0. The summed E-state index contributed by atoms with van der Waals surface area (Å²) in [6.07, 6.45) is 3.67. The van der Waals surface area contributed by atoms with Crippen LogP contribution < -0.4 is 11.1 Å². The second-order valence-electron chi connectivity index (χ2n) is 3.67. The Kier molecular flexibility index (Phi) is 4.59. The Morgan fingerprint density at radius 3 is 2.42 bits per heavy atom. The zero-order chi connectivity index (χ0) is 9.61. The molecular formula is C9H18N2O. The van der Waals surface area contributed by atoms with E-state index < -0.39 is 0 Å². The van der Waals surface area contributed by atoms with E-state index in [9.17, 15) is 4.79 Å². The molecule has 0 aromatic carbocycles. The summed E-state index contributed by atoms with van der Waals surface area (Å²) in [7, 11) is 0. The molecule has 0 saturated carbocycles. The molecule has 0 heterocycles. The van der Waals surface area contributed by atoms with Gasteiger partial charge in [0.25, 0.3) is 0 Å². The van der Waals surface area contributed by atoms with Crippen LogP contribution in [0.3, 0.4) is 0 Å². The molecule has 0 radical (unpaired) electrons. The second-order valence-corrected chi connectivity index (χ2v) is 3.67. The largest absolute Gasteiger partial charge is 0.352 e. The van der Waals surface area contributed by atoms with E-state index in [4.69, 9.17) is 5.73 Å². The predicted octanol–water partition coefficient (Wildman–Crippen LogP) is 0.664. The maximum Gasteiger partial charge on any atom is 0.225 e. The van der Waals surface area contributed by atoms with Gasteiger partial charge in [-0.3, -0.25) is 4.79 Å². The normalized spacial score (nSPS) is 12.0. The van der Waals surface area contributed by atoms with E-state index in [1.165, 1.54) is 0 Å². The lowest BCUT2D eigenvalue weighted by Gasteiger charge is -2.16. The van der Waals surface area contributed by atoms with Gasteiger partial charge in [0.2, 0.25) is 5.91 Å². The molecule has 70 valence electrons. The van der Waals surface area contributed by atoms with Crippen molar-refractivity contribution in [3.05, 3.63) is 12.2 Å². The Labute approximate surface area is 74.0 Å². The summed E-state index contributed by atoms with van der Waals surface area (Å²) in [4.78, 5) is 11.3. The van der Waals surface area contributed by atoms with Crippen LogP contribution in [0.1, 0.15) is 20.8 Å². The molecule has 0 atom stereocenters. The molecule has 0 aromatic heterocycles. The molecule has 0 aliphatic rings. The molecule has 0 rings (SSSR count). The van der Waals surface area contributed by atoms with Gasteiger partial charge in [-0.15, -0.1) is 0 Å². The van der Waals surface area contributed by atoms with Gasteiger partial charge < -0.3 is 11.1 Å². The Hall–Kier alpha value is -0.830. The molecule has 1 amide bonds. The number of nitrogens with two attached hydrogens (primary N) is 1. The highest BCUT2D eigenvalue weighted by atomic mass is 16.2. The minimum atomic E-state index is -0.309. The number of hydrogen-bond donors (Lipinski definition) is 2. The molecule has 0 bridgehead atoms. The first-order chi connectivity index (χ1) is 5.48. The van der Waals surface area contributed by atoms with Crippen LogP contribution in [-0.2, 0) is 4.79 Å². The van der Waals surface area contributed by atoms with Crippen LogP contribution in [0.15, 0.2) is 12.2 Å². The molecule has 3 N–H and O–H groups in total. The van der Waals surface area contributed by atoms with E-state index in [1.807, 2.05) is 32.9 Å². The molecule has 0 spiro atoms. The molecular weight excluding hydrogens is 152 g/mol. The van der Waals surface area contributed by atoms with Gasteiger partial charge in [0.15, 0.2) is 0 Å². The molecule has 0 saturated heterocycles. The lowest BCUT2D eigenvalue weighted by Crippen LogP contribution is -2.34. The molecule has 0 aliphatic heterocycles. The Morgan fingerprint density at radius 1 is 1.42 bits per heavy atom. The third-order valence-electron chi connectivity index (χ3n) is 1.36. The van der Waals surface area contributed by atoms with Crippen LogP contribution in [-0.4, -0.2) is 19.0 Å². The lowest BCUT2D eigenvalue weighted by atomic mass is 9.96. The number of carbonyl (C=O) groups is 1. The van der Waals surface area contributed by atoms with Gasteiger partial charge in [-0.2, -0.15) is 0 Å². The zero-order valence-electron chi connectivity index (χ0n) is 8.05. The van der Waals surface area contributed by atoms with Crippen molar-refractivity contribution in [3.63, 3.8) is 0 Å². The average molecular weight is 170 g/mol. The third kappa shape index (κ3) is 4.91. The minimum Gasteiger partial charge on any atom is -0.352 e. The number of amides is 1. The second kappa shape index (κ2) is 4.93. The molecule has 0 aromatic rings. The summed E-state index contributed by atoms with van der Waals surface area (Å²) in [5.41, 5.74) is 4.92. The van der Waals surface area contributed by atoms with Gasteiger partial charge in [0.05, 0.1) is 0 Å². The van der Waals surface area contributed by atoms with Crippen LogP contribution in [0.5, 0.6) is 0 Å². The van der Waals surface area contributed by atoms with Crippen molar-refractivity contribution in [2.45, 2.75) is 20.8 Å². The third-order valence-corrected chi connectivity index (χ3v) is 1.36. The van der Waals surface area contributed by atoms with Gasteiger partial charge in [-0.25, -0.2) is 0 Å². The maximum absolute atomic E-state index is 11.3. The van der Waals surface area contributed by atoms with E-state index in [0.717, 1.165) is 0 Å². The topological polar surface area (TPSA) is 55.1 Å². The number of hydrogen-bond acceptors (Lipinski definition) is 2. The summed E-state index contributed by atoms with van der Waals surface area (Å²) >= 11 is 0. The van der Waals surface area contributed by atoms with Crippen molar-refractivity contribution >= 4 is 5.91 Å². The highest BCUT2D eigenvalue weighted by Crippen LogP contribution is 2.11. The summed E-state index contributed by atoms with van der Waals surface area (Å²) in [5, 5.41) is 2.78. The molecule has 0 aliphatic carbocycles. The minimum absolute atomic E-state index is 0.0594. The molecule has 0 unspecified atom stereocenters. The van der Waals surface area contributed by atoms with Crippen molar-refractivity contribution < 1.29 is 4.79 Å². The smallest absolute Gasteiger partial charge is 0.225 e. The average Bonchev–Trinajstić information content (AvgIpc) is 1.96. The molecule has 3 nitrogen and oxygen atoms in total. The highest BCUT2D eigenvalue weighted by Gasteiger charge is 2.19. The highest BCUT2D eigenvalue weighted by molar-refractivity contribution is 5.81. The quantitative estimate of drug-likeness (QED) is 0.611. The Balaban J connectivity index is 3.66. The van der Waals surface area contributed by atoms with E-state index in [1.54, 1.807) is 0 Å². The molecule has 12 heavy (non-hydrogen) atoms. The monoisotopic (exact) mass is 170 g/mol. The number of rotatable bonds is 3. The number of nitrogens with one attached hydrogen (secondary N) is 1. The zero-order valence-corrected chi connectivity index (χ0v) is 8.05. The number of carbonyl (C=O) groups excluding carboxylic acids is 1. The van der Waals surface area contributed by atoms with Crippen LogP contribution in [0, 0.1) is 5.41 Å². The fourth-order valence-electron chi connectivity index (χ4n) is 0.596. The van der Waals surface area contributed by atoms with Crippen LogP contribution in [0.25, 0.3) is 0 Å². The Bertz CT molecular complexity index is 168. The SMILES string of the molecule is CC(C)(C)C(=O)NC/C=C/CN. The molecule has 3 heteroatoms. The first kappa shape index (κ1) is 11.2. The fraction of sp³-hybridized carbons (Fsp3) is 0.667. The van der Waals surface area contributed by atoms with Gasteiger partial charge in [-0.05, 0) is 0 Å². The van der Waals surface area contributed by atoms with Crippen molar-refractivity contribution in [1.29, 1.82) is 0 Å². The van der Waals surface area contributed by atoms with E-state index >= 15 is 0 Å². The summed E-state index contributed by atoms with van der Waals surface area (Å²) in [5.74, 6) is 0.0594. The van der Waals surface area contributed by atoms with Gasteiger partial charge in [0.1, 0.15) is 0 Å². The van der Waals surface area contributed by atoms with E-state index in [2.05, 4.69) is 5.32 Å². The van der Waals surface area contributed by atoms with Crippen molar-refractivity contribution in [2.24, 2.45) is 11.1 Å². The van der Waals surface area contributed by atoms with Crippen LogP contribution in [0.2, 0.25) is 0 Å². The van der Waals surface area contributed by atoms with Gasteiger partial charge in [-0.1, -0.05) is 32.9 Å². The Morgan fingerprint density at radius 2 is 2.00 bits per heavy atom.